The fourth-order valence-corrected chi connectivity index (χ4v) is 17.4. The second-order valence-electron chi connectivity index (χ2n) is 36.1. The van der Waals surface area contributed by atoms with Crippen molar-refractivity contribution in [2.45, 2.75) is 139 Å². The summed E-state index contributed by atoms with van der Waals surface area (Å²) in [6.45, 7) is 38.7. The lowest BCUT2D eigenvalue weighted by atomic mass is 10.0. The molecule has 0 radical (unpaired) electrons. The Balaban J connectivity index is 0.000000561. The van der Waals surface area contributed by atoms with Gasteiger partial charge in [0.15, 0.2) is 24.7 Å². The Morgan fingerprint density at radius 3 is 1.10 bits per heavy atom. The molecule has 10 fully saturated rings. The first kappa shape index (κ1) is 132. The smallest absolute Gasteiger partial charge is 0.352 e. The minimum absolute atomic E-state index is 0.0480. The zero-order valence-electron chi connectivity index (χ0n) is 86.8. The maximum absolute atomic E-state index is 13.5. The first-order valence-electron chi connectivity index (χ1n) is 49.2. The number of nitriles is 13. The minimum Gasteiger partial charge on any atom is -0.352 e. The fraction of sp³-hybridized carbons (Fsp3) is 0.654. The highest BCUT2D eigenvalue weighted by atomic mass is 19.4. The Morgan fingerprint density at radius 1 is 0.315 bits per heavy atom. The van der Waals surface area contributed by atoms with Crippen LogP contribution >= 0.6 is 0 Å². The van der Waals surface area contributed by atoms with Crippen LogP contribution in [0.1, 0.15) is 65.5 Å². The first-order valence-corrected chi connectivity index (χ1v) is 49.2. The van der Waals surface area contributed by atoms with Crippen LogP contribution in [0, 0.1) is 258 Å². The second kappa shape index (κ2) is 77.6. The Bertz CT molecular complexity index is 4800. The standard InChI is InChI=1S/C15H17N3.C11H14F3N3O.C11H11N5.2C11H17N3.C10H11F4N3.C10H16N4.C10H15N3.C9H12FN3.C9H13N3/c1-2-9-18-12-11-17(10-8-16)13-15(18)14-6-4-3-5-7-14;1-2-4-16-6-7-17(5-3-15)10(8-16)18-9-11(12,13)14;1-2-10(7-12)15-3-5-16(6-4-15)11(8-13)9-14;1-4-6-13-9-14(7-5-12)11(3)8-10(13)2;1-4-6-13-8-9-14(7-5-12)11(3)10(13)2;1-2-4-16-7-9(11)17(5-3-15)6-8(16)10(12,13)14;11-3-1-5-13-7-9-14(10-8-13)6-2-4-12;1-3-5-12-7-8-13(6-4-11)10(2)9-12;1-2-4-12-6-7-13(5-3-11)9(10)8-12;1-2-4-11-6-8-12(5-3-10)9-7-11/h1,3-7,15H,9-13H2;1,10H,4-9H2;1,10-11H,3-6H2;2*1,10-11H,6-9H2,2-3H3;1,8-9H,4-7H2;1-2,5-10H2;1,10H,5-9H2,2H3;1,9H,4-8H2;1H,4-9H2. The molecule has 10 aliphatic rings. The molecule has 10 aliphatic heterocycles. The number of ether oxygens (including phenoxy) is 1. The van der Waals surface area contributed by atoms with E-state index in [0.29, 0.717) is 167 Å². The number of hydrogen-bond donors (Lipinski definition) is 0. The van der Waals surface area contributed by atoms with Gasteiger partial charge in [0.25, 0.3) is 0 Å². The van der Waals surface area contributed by atoms with Gasteiger partial charge in [-0.25, -0.2) is 8.78 Å². The van der Waals surface area contributed by atoms with E-state index in [-0.39, 0.29) is 32.7 Å². The molecule has 34 nitrogen and oxygen atoms in total. The van der Waals surface area contributed by atoms with E-state index >= 15 is 0 Å². The van der Waals surface area contributed by atoms with Crippen molar-refractivity contribution < 1.29 is 39.9 Å². The molecule has 0 aliphatic carbocycles. The monoisotopic (exact) mass is 2060 g/mol. The van der Waals surface area contributed by atoms with Crippen LogP contribution in [0.15, 0.2) is 30.3 Å². The molecular formula is C107H143F8N33O. The largest absolute Gasteiger partial charge is 0.411 e. The highest BCUT2D eigenvalue weighted by Crippen LogP contribution is 2.31. The van der Waals surface area contributed by atoms with Crippen LogP contribution < -0.4 is 0 Å². The summed E-state index contributed by atoms with van der Waals surface area (Å²) in [4.78, 5) is 39.0. The number of hydrogen-bond acceptors (Lipinski definition) is 34. The molecule has 10 heterocycles. The van der Waals surface area contributed by atoms with Crippen molar-refractivity contribution in [1.82, 2.24) is 98.0 Å². The molecule has 0 aromatic heterocycles. The van der Waals surface area contributed by atoms with Gasteiger partial charge in [0.1, 0.15) is 18.9 Å². The van der Waals surface area contributed by atoms with Gasteiger partial charge in [0, 0.05) is 245 Å². The van der Waals surface area contributed by atoms with Crippen molar-refractivity contribution in [3.8, 4) is 190 Å². The number of benzene rings is 1. The minimum atomic E-state index is -4.48. The molecule has 798 valence electrons. The van der Waals surface area contributed by atoms with Crippen molar-refractivity contribution in [3.63, 3.8) is 0 Å². The molecule has 0 amide bonds. The van der Waals surface area contributed by atoms with Crippen LogP contribution in [-0.2, 0) is 4.74 Å². The number of rotatable bonds is 25. The van der Waals surface area contributed by atoms with E-state index in [2.05, 4.69) is 201 Å². The summed E-state index contributed by atoms with van der Waals surface area (Å²) in [5, 5.41) is 112. The average molecular weight is 2060 g/mol. The summed E-state index contributed by atoms with van der Waals surface area (Å²) in [5.41, 5.74) is 1.27. The Kier molecular flexibility index (Phi) is 68.9. The molecule has 0 saturated carbocycles. The number of alkyl halides is 8. The molecule has 1 aromatic carbocycles. The molecule has 42 heteroatoms. The van der Waals surface area contributed by atoms with Crippen LogP contribution in [0.5, 0.6) is 0 Å². The molecule has 149 heavy (non-hydrogen) atoms. The maximum Gasteiger partial charge on any atom is 0.411 e. The van der Waals surface area contributed by atoms with Crippen molar-refractivity contribution in [3.05, 3.63) is 35.9 Å². The van der Waals surface area contributed by atoms with E-state index in [9.17, 15) is 35.1 Å². The zero-order chi connectivity index (χ0) is 111. The lowest BCUT2D eigenvalue weighted by molar-refractivity contribution is -0.209. The van der Waals surface area contributed by atoms with Gasteiger partial charge in [-0.3, -0.25) is 98.0 Å². The molecular weight excluding hydrogens is 1920 g/mol. The van der Waals surface area contributed by atoms with Crippen LogP contribution in [0.3, 0.4) is 0 Å². The Hall–Kier alpha value is -12.8. The quantitative estimate of drug-likeness (QED) is 0.0562. The zero-order valence-corrected chi connectivity index (χ0v) is 86.8. The van der Waals surface area contributed by atoms with E-state index < -0.39 is 69.0 Å². The van der Waals surface area contributed by atoms with Crippen LogP contribution in [0.2, 0.25) is 0 Å². The van der Waals surface area contributed by atoms with Gasteiger partial charge in [-0.2, -0.15) is 94.7 Å². The molecule has 11 unspecified atom stereocenters. The third-order valence-electron chi connectivity index (χ3n) is 26.2. The lowest BCUT2D eigenvalue weighted by Crippen LogP contribution is -2.61. The topological polar surface area (TPSA) is 383 Å². The van der Waals surface area contributed by atoms with Crippen molar-refractivity contribution in [1.29, 1.82) is 68.4 Å². The highest BCUT2D eigenvalue weighted by molar-refractivity contribution is 5.21. The van der Waals surface area contributed by atoms with Gasteiger partial charge >= 0.3 is 12.4 Å². The number of nitrogens with zero attached hydrogens (tertiary/aromatic N) is 33. The molecule has 1 aromatic rings. The SMILES string of the molecule is C#CC(C#N)N1CCN(C(C#N)C#N)CC1.C#CCN1CC(F)N(CC#N)CC1C(F)(F)F.C#CCN1CCN(CC#N)C(C)C1.C#CCN1CCN(CC#N)C(C)C1C.C#CCN1CCN(CC#N)C(F)C1.C#CCN1CCN(CC#N)C(OCC(F)(F)F)C1.C#CCN1CCN(CC#N)CC1.C#CCN1CCN(CC#N)CC1c1ccccc1.C#CCN1CN(CC#N)C(C)CC1C.N#CCCN1CCN(CCC#N)CC1. The third-order valence-corrected chi connectivity index (χ3v) is 26.2. The molecule has 0 spiro atoms. The molecule has 11 rings (SSSR count). The summed E-state index contributed by atoms with van der Waals surface area (Å²) >= 11 is 0. The van der Waals surface area contributed by atoms with Crippen LogP contribution in [0.4, 0.5) is 35.1 Å². The normalized spacial score (nSPS) is 23.7. The van der Waals surface area contributed by atoms with Gasteiger partial charge in [-0.1, -0.05) is 83.6 Å². The molecule has 11 atom stereocenters. The fourth-order valence-electron chi connectivity index (χ4n) is 17.4. The predicted molar refractivity (Wildman–Crippen MR) is 551 cm³/mol. The van der Waals surface area contributed by atoms with Crippen molar-refractivity contribution in [2.75, 3.05) is 314 Å². The highest BCUT2D eigenvalue weighted by Gasteiger charge is 2.49. The number of piperazine rings is 9. The van der Waals surface area contributed by atoms with Gasteiger partial charge in [-0.15, -0.1) is 57.8 Å². The Morgan fingerprint density at radius 2 is 0.658 bits per heavy atom. The summed E-state index contributed by atoms with van der Waals surface area (Å²) in [5.74, 6) is 22.8. The van der Waals surface area contributed by atoms with E-state index in [1.807, 2.05) is 63.2 Å². The second-order valence-corrected chi connectivity index (χ2v) is 36.1. The predicted octanol–water partition coefficient (Wildman–Crippen LogP) is 4.52. The van der Waals surface area contributed by atoms with Crippen molar-refractivity contribution in [2.24, 2.45) is 0 Å². The number of terminal acetylenes is 9. The summed E-state index contributed by atoms with van der Waals surface area (Å²) in [6, 6.07) is 36.6. The van der Waals surface area contributed by atoms with E-state index in [1.165, 1.54) is 10.5 Å². The summed E-state index contributed by atoms with van der Waals surface area (Å²) in [6.07, 6.45) is 37.0. The molecule has 10 saturated heterocycles. The van der Waals surface area contributed by atoms with E-state index in [1.54, 1.807) is 15.9 Å². The maximum atomic E-state index is 13.5. The van der Waals surface area contributed by atoms with E-state index in [0.717, 1.165) is 160 Å². The van der Waals surface area contributed by atoms with Gasteiger partial charge in [-0.05, 0) is 46.6 Å². The van der Waals surface area contributed by atoms with Gasteiger partial charge in [0.2, 0.25) is 0 Å². The van der Waals surface area contributed by atoms with Gasteiger partial charge in [0.05, 0.1) is 190 Å². The van der Waals surface area contributed by atoms with E-state index in [4.69, 9.17) is 131 Å². The van der Waals surface area contributed by atoms with Gasteiger partial charge < -0.3 is 4.74 Å². The number of halogens is 8. The molecule has 0 N–H and O–H groups in total. The Labute approximate surface area is 881 Å². The van der Waals surface area contributed by atoms with Crippen LogP contribution in [-0.4, -0.2) is 492 Å². The third kappa shape index (κ3) is 52.3. The average Bonchev–Trinajstić information content (AvgIpc) is 0.798. The first-order chi connectivity index (χ1) is 71.6. The molecule has 0 bridgehead atoms. The lowest BCUT2D eigenvalue weighted by Gasteiger charge is -2.43. The van der Waals surface area contributed by atoms with Crippen LogP contribution in [0.25, 0.3) is 0 Å². The summed E-state index contributed by atoms with van der Waals surface area (Å²) < 4.78 is 106. The van der Waals surface area contributed by atoms with Crippen molar-refractivity contribution >= 4 is 0 Å². The summed E-state index contributed by atoms with van der Waals surface area (Å²) in [7, 11) is 0.